The molecule has 4 nitrogen and oxygen atoms in total. The molecule has 1 aromatic heterocycles. The number of hydrogen-bond donors (Lipinski definition) is 1. The zero-order chi connectivity index (χ0) is 14.2. The van der Waals surface area contributed by atoms with Gasteiger partial charge in [-0.25, -0.2) is 9.67 Å². The van der Waals surface area contributed by atoms with Crippen LogP contribution in [-0.4, -0.2) is 20.8 Å². The van der Waals surface area contributed by atoms with E-state index in [-0.39, 0.29) is 11.5 Å². The average Bonchev–Trinajstić information content (AvgIpc) is 3.14. The fourth-order valence-corrected chi connectivity index (χ4v) is 3.02. The first-order valence-corrected chi connectivity index (χ1v) is 7.33. The summed E-state index contributed by atoms with van der Waals surface area (Å²) in [5.74, 6) is 0.995. The minimum absolute atomic E-state index is 0.103. The molecule has 2 N–H and O–H groups in total. The van der Waals surface area contributed by atoms with Crippen LogP contribution in [0.4, 0.5) is 0 Å². The Kier molecular flexibility index (Phi) is 3.34. The van der Waals surface area contributed by atoms with Crippen LogP contribution in [0.15, 0.2) is 36.7 Å². The normalized spacial score (nSPS) is 18.2. The van der Waals surface area contributed by atoms with Crippen LogP contribution >= 0.6 is 0 Å². The van der Waals surface area contributed by atoms with Crippen LogP contribution in [0.2, 0.25) is 0 Å². The number of nitrogens with zero attached hydrogens (tertiary/aromatic N) is 3. The van der Waals surface area contributed by atoms with Gasteiger partial charge in [0.1, 0.15) is 12.2 Å². The molecular formula is C16H22N4. The number of rotatable bonds is 5. The first-order chi connectivity index (χ1) is 9.63. The van der Waals surface area contributed by atoms with Crippen molar-refractivity contribution in [3.8, 4) is 0 Å². The van der Waals surface area contributed by atoms with Crippen LogP contribution in [0.1, 0.15) is 44.1 Å². The van der Waals surface area contributed by atoms with Crippen molar-refractivity contribution in [2.24, 2.45) is 5.73 Å². The zero-order valence-corrected chi connectivity index (χ0v) is 12.2. The van der Waals surface area contributed by atoms with Crippen LogP contribution in [0, 0.1) is 0 Å². The van der Waals surface area contributed by atoms with Crippen LogP contribution < -0.4 is 5.73 Å². The van der Waals surface area contributed by atoms with Gasteiger partial charge in [0.05, 0.1) is 0 Å². The quantitative estimate of drug-likeness (QED) is 0.908. The summed E-state index contributed by atoms with van der Waals surface area (Å²) in [7, 11) is 0. The number of benzene rings is 1. The zero-order valence-electron chi connectivity index (χ0n) is 12.2. The molecule has 1 aromatic carbocycles. The van der Waals surface area contributed by atoms with E-state index in [9.17, 15) is 0 Å². The molecule has 1 fully saturated rings. The Morgan fingerprint density at radius 1 is 1.25 bits per heavy atom. The second-order valence-electron chi connectivity index (χ2n) is 6.05. The smallest absolute Gasteiger partial charge is 0.138 e. The Morgan fingerprint density at radius 2 is 1.95 bits per heavy atom. The highest BCUT2D eigenvalue weighted by Crippen LogP contribution is 2.50. The fraction of sp³-hybridized carbons (Fsp3) is 0.500. The lowest BCUT2D eigenvalue weighted by molar-refractivity contribution is 0.456. The lowest BCUT2D eigenvalue weighted by atomic mass is 9.86. The van der Waals surface area contributed by atoms with E-state index < -0.39 is 0 Å². The summed E-state index contributed by atoms with van der Waals surface area (Å²) in [6, 6.07) is 11.1. The van der Waals surface area contributed by atoms with Crippen LogP contribution in [0.3, 0.4) is 0 Å². The molecule has 2 aromatic rings. The van der Waals surface area contributed by atoms with Crippen molar-refractivity contribution >= 4 is 0 Å². The summed E-state index contributed by atoms with van der Waals surface area (Å²) >= 11 is 0. The average molecular weight is 270 g/mol. The van der Waals surface area contributed by atoms with Gasteiger partial charge in [-0.3, -0.25) is 0 Å². The third-order valence-electron chi connectivity index (χ3n) is 4.39. The standard InChI is InChI=1S/C16H22N4/c1-12(2)20-15(18-11-19-20)10-14(17)16(8-9-16)13-6-4-3-5-7-13/h3-7,11-12,14H,8-10,17H2,1-2H3. The van der Waals surface area contributed by atoms with E-state index in [1.54, 1.807) is 6.33 Å². The van der Waals surface area contributed by atoms with Crippen molar-refractivity contribution in [2.45, 2.75) is 50.6 Å². The molecule has 0 amide bonds. The molecule has 1 heterocycles. The second kappa shape index (κ2) is 5.02. The lowest BCUT2D eigenvalue weighted by Gasteiger charge is -2.24. The number of hydrogen-bond acceptors (Lipinski definition) is 3. The predicted octanol–water partition coefficient (Wildman–Crippen LogP) is 2.46. The van der Waals surface area contributed by atoms with Crippen molar-refractivity contribution in [2.75, 3.05) is 0 Å². The maximum absolute atomic E-state index is 6.53. The van der Waals surface area contributed by atoms with Gasteiger partial charge in [0, 0.05) is 23.9 Å². The van der Waals surface area contributed by atoms with Gasteiger partial charge in [0.25, 0.3) is 0 Å². The van der Waals surface area contributed by atoms with Crippen molar-refractivity contribution in [3.05, 3.63) is 48.0 Å². The van der Waals surface area contributed by atoms with E-state index in [0.29, 0.717) is 6.04 Å². The van der Waals surface area contributed by atoms with E-state index in [0.717, 1.165) is 12.2 Å². The summed E-state index contributed by atoms with van der Waals surface area (Å²) in [5, 5.41) is 4.29. The molecule has 0 spiro atoms. The fourth-order valence-electron chi connectivity index (χ4n) is 3.02. The van der Waals surface area contributed by atoms with Crippen LogP contribution in [0.5, 0.6) is 0 Å². The molecule has 1 aliphatic carbocycles. The molecule has 1 saturated carbocycles. The first kappa shape index (κ1) is 13.3. The topological polar surface area (TPSA) is 56.7 Å². The largest absolute Gasteiger partial charge is 0.326 e. The van der Waals surface area contributed by atoms with E-state index in [2.05, 4.69) is 54.3 Å². The van der Waals surface area contributed by atoms with Gasteiger partial charge in [-0.05, 0) is 32.3 Å². The SMILES string of the molecule is CC(C)n1ncnc1CC(N)C1(c2ccccc2)CC1. The van der Waals surface area contributed by atoms with Gasteiger partial charge < -0.3 is 5.73 Å². The Labute approximate surface area is 120 Å². The molecule has 106 valence electrons. The molecular weight excluding hydrogens is 248 g/mol. The highest BCUT2D eigenvalue weighted by molar-refractivity contribution is 5.34. The molecule has 3 rings (SSSR count). The van der Waals surface area contributed by atoms with E-state index in [1.807, 2.05) is 4.68 Å². The Morgan fingerprint density at radius 3 is 2.55 bits per heavy atom. The van der Waals surface area contributed by atoms with Crippen LogP contribution in [0.25, 0.3) is 0 Å². The van der Waals surface area contributed by atoms with Gasteiger partial charge in [-0.15, -0.1) is 0 Å². The molecule has 0 radical (unpaired) electrons. The third kappa shape index (κ3) is 2.24. The molecule has 0 bridgehead atoms. The monoisotopic (exact) mass is 270 g/mol. The summed E-state index contributed by atoms with van der Waals surface area (Å²) < 4.78 is 1.97. The highest BCUT2D eigenvalue weighted by Gasteiger charge is 2.49. The Bertz CT molecular complexity index is 569. The van der Waals surface area contributed by atoms with Gasteiger partial charge in [-0.1, -0.05) is 30.3 Å². The van der Waals surface area contributed by atoms with Crippen molar-refractivity contribution < 1.29 is 0 Å². The van der Waals surface area contributed by atoms with Crippen molar-refractivity contribution in [3.63, 3.8) is 0 Å². The summed E-state index contributed by atoms with van der Waals surface area (Å²) in [5.41, 5.74) is 8.04. The third-order valence-corrected chi connectivity index (χ3v) is 4.39. The van der Waals surface area contributed by atoms with Gasteiger partial charge >= 0.3 is 0 Å². The second-order valence-corrected chi connectivity index (χ2v) is 6.05. The molecule has 0 saturated heterocycles. The molecule has 1 unspecified atom stereocenters. The Balaban J connectivity index is 1.80. The van der Waals surface area contributed by atoms with Crippen LogP contribution in [-0.2, 0) is 11.8 Å². The van der Waals surface area contributed by atoms with Gasteiger partial charge in [-0.2, -0.15) is 5.10 Å². The maximum Gasteiger partial charge on any atom is 0.138 e. The molecule has 20 heavy (non-hydrogen) atoms. The highest BCUT2D eigenvalue weighted by atomic mass is 15.3. The van der Waals surface area contributed by atoms with Gasteiger partial charge in [0.15, 0.2) is 0 Å². The van der Waals surface area contributed by atoms with E-state index in [4.69, 9.17) is 5.73 Å². The number of aromatic nitrogens is 3. The summed E-state index contributed by atoms with van der Waals surface area (Å²) in [6.45, 7) is 4.24. The van der Waals surface area contributed by atoms with Crippen molar-refractivity contribution in [1.82, 2.24) is 14.8 Å². The number of nitrogens with two attached hydrogens (primary N) is 1. The predicted molar refractivity (Wildman–Crippen MR) is 79.4 cm³/mol. The summed E-state index contributed by atoms with van der Waals surface area (Å²) in [4.78, 5) is 4.38. The Hall–Kier alpha value is -1.68. The first-order valence-electron chi connectivity index (χ1n) is 7.33. The molecule has 4 heteroatoms. The maximum atomic E-state index is 6.53. The van der Waals surface area contributed by atoms with Crippen molar-refractivity contribution in [1.29, 1.82) is 0 Å². The van der Waals surface area contributed by atoms with Gasteiger partial charge in [0.2, 0.25) is 0 Å². The lowest BCUT2D eigenvalue weighted by Crippen LogP contribution is -2.37. The van der Waals surface area contributed by atoms with E-state index in [1.165, 1.54) is 18.4 Å². The molecule has 1 aliphatic rings. The minimum atomic E-state index is 0.103. The molecule has 1 atom stereocenters. The molecule has 0 aliphatic heterocycles. The van der Waals surface area contributed by atoms with E-state index >= 15 is 0 Å². The minimum Gasteiger partial charge on any atom is -0.326 e. The summed E-state index contributed by atoms with van der Waals surface area (Å²) in [6.07, 6.45) is 4.76.